The van der Waals surface area contributed by atoms with Gasteiger partial charge >= 0.3 is 5.97 Å². The van der Waals surface area contributed by atoms with Crippen molar-refractivity contribution >= 4 is 5.97 Å². The van der Waals surface area contributed by atoms with E-state index in [4.69, 9.17) is 4.74 Å². The molecule has 0 aliphatic heterocycles. The first-order valence-corrected chi connectivity index (χ1v) is 3.60. The minimum atomic E-state index is -0.279. The van der Waals surface area contributed by atoms with Crippen molar-refractivity contribution in [2.45, 2.75) is 13.8 Å². The lowest BCUT2D eigenvalue weighted by Crippen LogP contribution is -2.11. The maximum atomic E-state index is 10.8. The molecule has 0 saturated carbocycles. The summed E-state index contributed by atoms with van der Waals surface area (Å²) in [6, 6.07) is 0. The molecular weight excluding hydrogens is 142 g/mol. The highest BCUT2D eigenvalue weighted by Gasteiger charge is 1.97. The average Bonchev–Trinajstić information content (AvgIpc) is 1.87. The molecule has 0 bridgehead atoms. The van der Waals surface area contributed by atoms with Crippen LogP contribution in [-0.2, 0) is 9.53 Å². The zero-order valence-electron chi connectivity index (χ0n) is 7.55. The first-order chi connectivity index (χ1) is 5.07. The highest BCUT2D eigenvalue weighted by molar-refractivity contribution is 5.82. The van der Waals surface area contributed by atoms with Crippen LogP contribution in [0, 0.1) is 0 Å². The second-order valence-corrected chi connectivity index (χ2v) is 2.43. The van der Waals surface area contributed by atoms with Crippen LogP contribution in [0.4, 0.5) is 0 Å². The van der Waals surface area contributed by atoms with Crippen LogP contribution in [0.1, 0.15) is 13.8 Å². The Hall–Kier alpha value is -0.990. The van der Waals surface area contributed by atoms with Gasteiger partial charge in [-0.15, -0.1) is 0 Å². The Morgan fingerprint density at radius 2 is 2.09 bits per heavy atom. The number of rotatable bonds is 3. The molecule has 0 saturated heterocycles. The van der Waals surface area contributed by atoms with E-state index in [1.54, 1.807) is 6.92 Å². The van der Waals surface area contributed by atoms with E-state index in [0.717, 1.165) is 5.70 Å². The molecule has 3 heteroatoms. The van der Waals surface area contributed by atoms with Gasteiger partial charge in [-0.3, -0.25) is 0 Å². The van der Waals surface area contributed by atoms with E-state index in [2.05, 4.69) is 0 Å². The number of esters is 1. The number of hydrogen-bond donors (Lipinski definition) is 0. The molecule has 0 rings (SSSR count). The molecule has 0 aliphatic carbocycles. The molecule has 0 radical (unpaired) electrons. The molecule has 0 fully saturated rings. The normalized spacial score (nSPS) is 11.1. The van der Waals surface area contributed by atoms with Crippen LogP contribution in [0.3, 0.4) is 0 Å². The topological polar surface area (TPSA) is 29.5 Å². The molecule has 0 spiro atoms. The van der Waals surface area contributed by atoms with Gasteiger partial charge in [-0.2, -0.15) is 0 Å². The molecular formula is C8H15NO2. The van der Waals surface area contributed by atoms with Crippen molar-refractivity contribution in [3.05, 3.63) is 11.8 Å². The fourth-order valence-corrected chi connectivity index (χ4v) is 0.484. The molecule has 0 aliphatic rings. The third kappa shape index (κ3) is 4.42. The minimum absolute atomic E-state index is 0.279. The van der Waals surface area contributed by atoms with Crippen LogP contribution in [0.5, 0.6) is 0 Å². The van der Waals surface area contributed by atoms with Gasteiger partial charge in [0.05, 0.1) is 6.61 Å². The van der Waals surface area contributed by atoms with Gasteiger partial charge in [0.25, 0.3) is 0 Å². The molecule has 0 unspecified atom stereocenters. The standard InChI is InChI=1S/C8H15NO2/c1-5-11-8(10)6-7(2)9(3)4/h6H,5H2,1-4H3/b7-6-. The second kappa shape index (κ2) is 4.77. The van der Waals surface area contributed by atoms with E-state index in [0.29, 0.717) is 6.61 Å². The fraction of sp³-hybridized carbons (Fsp3) is 0.625. The summed E-state index contributed by atoms with van der Waals surface area (Å²) in [6.45, 7) is 4.07. The van der Waals surface area contributed by atoms with Gasteiger partial charge in [0.2, 0.25) is 0 Å². The Morgan fingerprint density at radius 3 is 2.45 bits per heavy atom. The fourth-order valence-electron chi connectivity index (χ4n) is 0.484. The van der Waals surface area contributed by atoms with Crippen LogP contribution >= 0.6 is 0 Å². The molecule has 64 valence electrons. The summed E-state index contributed by atoms with van der Waals surface area (Å²) in [6.07, 6.45) is 1.48. The number of carbonyl (C=O) groups is 1. The smallest absolute Gasteiger partial charge is 0.332 e. The molecule has 0 aromatic carbocycles. The van der Waals surface area contributed by atoms with E-state index >= 15 is 0 Å². The lowest BCUT2D eigenvalue weighted by Gasteiger charge is -2.11. The van der Waals surface area contributed by atoms with Gasteiger partial charge in [0.15, 0.2) is 0 Å². The maximum absolute atomic E-state index is 10.8. The SMILES string of the molecule is CCOC(=O)/C=C(/C)N(C)C. The number of nitrogens with zero attached hydrogens (tertiary/aromatic N) is 1. The Labute approximate surface area is 67.6 Å². The highest BCUT2D eigenvalue weighted by Crippen LogP contribution is 1.96. The molecule has 11 heavy (non-hydrogen) atoms. The van der Waals surface area contributed by atoms with Gasteiger partial charge in [0, 0.05) is 25.9 Å². The lowest BCUT2D eigenvalue weighted by atomic mass is 10.4. The van der Waals surface area contributed by atoms with Gasteiger partial charge in [0.1, 0.15) is 0 Å². The van der Waals surface area contributed by atoms with Crippen molar-refractivity contribution in [3.63, 3.8) is 0 Å². The highest BCUT2D eigenvalue weighted by atomic mass is 16.5. The van der Waals surface area contributed by atoms with Crippen LogP contribution < -0.4 is 0 Å². The molecule has 0 aromatic rings. The molecule has 3 nitrogen and oxygen atoms in total. The molecule has 0 heterocycles. The van der Waals surface area contributed by atoms with E-state index in [-0.39, 0.29) is 5.97 Å². The first-order valence-electron chi connectivity index (χ1n) is 3.60. The van der Waals surface area contributed by atoms with Gasteiger partial charge in [-0.1, -0.05) is 0 Å². The molecule has 0 aromatic heterocycles. The van der Waals surface area contributed by atoms with Crippen molar-refractivity contribution in [3.8, 4) is 0 Å². The quantitative estimate of drug-likeness (QED) is 0.452. The van der Waals surface area contributed by atoms with Crippen LogP contribution in [0.2, 0.25) is 0 Å². The lowest BCUT2D eigenvalue weighted by molar-refractivity contribution is -0.137. The van der Waals surface area contributed by atoms with E-state index < -0.39 is 0 Å². The summed E-state index contributed by atoms with van der Waals surface area (Å²) in [5.74, 6) is -0.279. The first kappa shape index (κ1) is 10.0. The van der Waals surface area contributed by atoms with Gasteiger partial charge in [-0.05, 0) is 13.8 Å². The van der Waals surface area contributed by atoms with Gasteiger partial charge < -0.3 is 9.64 Å². The van der Waals surface area contributed by atoms with Gasteiger partial charge in [-0.25, -0.2) is 4.79 Å². The Bertz CT molecular complexity index is 161. The number of hydrogen-bond acceptors (Lipinski definition) is 3. The molecule has 0 N–H and O–H groups in total. The van der Waals surface area contributed by atoms with Crippen molar-refractivity contribution in [1.82, 2.24) is 4.90 Å². The average molecular weight is 157 g/mol. The number of allylic oxidation sites excluding steroid dienone is 1. The summed E-state index contributed by atoms with van der Waals surface area (Å²) in [5.41, 5.74) is 0.892. The predicted molar refractivity (Wildman–Crippen MR) is 44.1 cm³/mol. The van der Waals surface area contributed by atoms with Crippen molar-refractivity contribution in [1.29, 1.82) is 0 Å². The minimum Gasteiger partial charge on any atom is -0.463 e. The second-order valence-electron chi connectivity index (χ2n) is 2.43. The number of carbonyl (C=O) groups excluding carboxylic acids is 1. The largest absolute Gasteiger partial charge is 0.463 e. The zero-order chi connectivity index (χ0) is 8.85. The van der Waals surface area contributed by atoms with Crippen molar-refractivity contribution in [2.24, 2.45) is 0 Å². The summed E-state index contributed by atoms with van der Waals surface area (Å²) in [7, 11) is 3.76. The van der Waals surface area contributed by atoms with Crippen LogP contribution in [0.15, 0.2) is 11.8 Å². The summed E-state index contributed by atoms with van der Waals surface area (Å²) in [5, 5.41) is 0. The third-order valence-corrected chi connectivity index (χ3v) is 1.32. The summed E-state index contributed by atoms with van der Waals surface area (Å²) >= 11 is 0. The van der Waals surface area contributed by atoms with E-state index in [1.165, 1.54) is 6.08 Å². The molecule has 0 amide bonds. The van der Waals surface area contributed by atoms with E-state index in [9.17, 15) is 4.79 Å². The third-order valence-electron chi connectivity index (χ3n) is 1.32. The van der Waals surface area contributed by atoms with Crippen LogP contribution in [0.25, 0.3) is 0 Å². The monoisotopic (exact) mass is 157 g/mol. The molecule has 0 atom stereocenters. The number of ether oxygens (including phenoxy) is 1. The maximum Gasteiger partial charge on any atom is 0.332 e. The Morgan fingerprint density at radius 1 is 1.55 bits per heavy atom. The van der Waals surface area contributed by atoms with Crippen LogP contribution in [-0.4, -0.2) is 31.6 Å². The summed E-state index contributed by atoms with van der Waals surface area (Å²) in [4.78, 5) is 12.7. The zero-order valence-corrected chi connectivity index (χ0v) is 7.55. The Balaban J connectivity index is 3.97. The van der Waals surface area contributed by atoms with Crippen molar-refractivity contribution in [2.75, 3.05) is 20.7 Å². The Kier molecular flexibility index (Phi) is 4.34. The summed E-state index contributed by atoms with van der Waals surface area (Å²) < 4.78 is 4.72. The van der Waals surface area contributed by atoms with Crippen molar-refractivity contribution < 1.29 is 9.53 Å². The predicted octanol–water partition coefficient (Wildman–Crippen LogP) is 1.01. The van der Waals surface area contributed by atoms with E-state index in [1.807, 2.05) is 25.9 Å².